The van der Waals surface area contributed by atoms with Crippen LogP contribution in [0.5, 0.6) is 11.5 Å². The van der Waals surface area contributed by atoms with Gasteiger partial charge in [0, 0.05) is 31.6 Å². The summed E-state index contributed by atoms with van der Waals surface area (Å²) >= 11 is 0. The molecule has 2 rings (SSSR count). The molecule has 6 heteroatoms. The third kappa shape index (κ3) is 6.96. The lowest BCUT2D eigenvalue weighted by Crippen LogP contribution is -2.22. The predicted octanol–water partition coefficient (Wildman–Crippen LogP) is 4.93. The molecule has 0 spiro atoms. The van der Waals surface area contributed by atoms with Gasteiger partial charge < -0.3 is 18.9 Å². The number of Topliss-reactive ketones (excluding diaryl/α,β-unsaturated/α-hetero) is 1. The lowest BCUT2D eigenvalue weighted by Gasteiger charge is -2.22. The van der Waals surface area contributed by atoms with Crippen molar-refractivity contribution >= 4 is 11.8 Å². The van der Waals surface area contributed by atoms with Gasteiger partial charge in [0.25, 0.3) is 0 Å². The number of rotatable bonds is 13. The smallest absolute Gasteiger partial charge is 0.309 e. The molecule has 31 heavy (non-hydrogen) atoms. The van der Waals surface area contributed by atoms with Gasteiger partial charge in [-0.25, -0.2) is 0 Å². The van der Waals surface area contributed by atoms with E-state index in [0.717, 1.165) is 12.8 Å². The summed E-state index contributed by atoms with van der Waals surface area (Å²) in [6.45, 7) is 9.32. The first-order chi connectivity index (χ1) is 14.8. The largest absolute Gasteiger partial charge is 0.493 e. The van der Waals surface area contributed by atoms with Crippen molar-refractivity contribution in [3.05, 3.63) is 23.8 Å². The Morgan fingerprint density at radius 2 is 1.87 bits per heavy atom. The molecule has 0 unspecified atom stereocenters. The number of ether oxygens (including phenoxy) is 4. The second-order valence-electron chi connectivity index (χ2n) is 9.00. The van der Waals surface area contributed by atoms with Gasteiger partial charge in [0.15, 0.2) is 17.3 Å². The molecule has 1 aliphatic heterocycles. The van der Waals surface area contributed by atoms with Gasteiger partial charge in [0.1, 0.15) is 6.10 Å². The highest BCUT2D eigenvalue weighted by Crippen LogP contribution is 2.34. The Kier molecular flexibility index (Phi) is 9.82. The molecule has 1 aliphatic rings. The molecule has 0 bridgehead atoms. The fourth-order valence-electron chi connectivity index (χ4n) is 4.08. The first-order valence-corrected chi connectivity index (χ1v) is 11.3. The minimum atomic E-state index is -0.147. The van der Waals surface area contributed by atoms with Crippen LogP contribution in [0.3, 0.4) is 0 Å². The Bertz CT molecular complexity index is 727. The Hall–Kier alpha value is -2.08. The van der Waals surface area contributed by atoms with Crippen LogP contribution in [0, 0.1) is 23.7 Å². The summed E-state index contributed by atoms with van der Waals surface area (Å²) < 4.78 is 21.8. The van der Waals surface area contributed by atoms with Gasteiger partial charge in [0.05, 0.1) is 19.6 Å². The van der Waals surface area contributed by atoms with Gasteiger partial charge in [0.2, 0.25) is 0 Å². The molecule has 0 radical (unpaired) electrons. The molecular weight excluding hydrogens is 396 g/mol. The molecule has 174 valence electrons. The Balaban J connectivity index is 2.06. The van der Waals surface area contributed by atoms with Crippen molar-refractivity contribution in [2.75, 3.05) is 27.4 Å². The normalized spacial score (nSPS) is 19.5. The molecule has 1 aromatic rings. The van der Waals surface area contributed by atoms with Crippen molar-refractivity contribution in [2.45, 2.75) is 59.5 Å². The number of ketones is 1. The van der Waals surface area contributed by atoms with E-state index in [1.165, 1.54) is 0 Å². The average molecular weight is 435 g/mol. The van der Waals surface area contributed by atoms with E-state index in [-0.39, 0.29) is 41.5 Å². The van der Waals surface area contributed by atoms with Crippen LogP contribution >= 0.6 is 0 Å². The van der Waals surface area contributed by atoms with E-state index < -0.39 is 0 Å². The number of cyclic esters (lactones) is 1. The lowest BCUT2D eigenvalue weighted by molar-refractivity contribution is -0.145. The van der Waals surface area contributed by atoms with Gasteiger partial charge in [-0.05, 0) is 49.3 Å². The number of hydrogen-bond donors (Lipinski definition) is 0. The van der Waals surface area contributed by atoms with Gasteiger partial charge in [-0.15, -0.1) is 0 Å². The van der Waals surface area contributed by atoms with Crippen LogP contribution in [-0.4, -0.2) is 45.3 Å². The molecular formula is C25H38O6. The first kappa shape index (κ1) is 25.2. The van der Waals surface area contributed by atoms with Crippen molar-refractivity contribution < 1.29 is 28.5 Å². The average Bonchev–Trinajstić information content (AvgIpc) is 3.11. The lowest BCUT2D eigenvalue weighted by atomic mass is 9.83. The number of carbonyl (C=O) groups excluding carboxylic acids is 2. The maximum atomic E-state index is 13.3. The van der Waals surface area contributed by atoms with Gasteiger partial charge >= 0.3 is 5.97 Å². The molecule has 0 saturated carbocycles. The molecule has 6 nitrogen and oxygen atoms in total. The van der Waals surface area contributed by atoms with Crippen LogP contribution in [0.1, 0.15) is 63.7 Å². The van der Waals surface area contributed by atoms with E-state index in [9.17, 15) is 9.59 Å². The summed E-state index contributed by atoms with van der Waals surface area (Å²) in [7, 11) is 3.24. The van der Waals surface area contributed by atoms with E-state index in [4.69, 9.17) is 18.9 Å². The number of methoxy groups -OCH3 is 2. The van der Waals surface area contributed by atoms with Crippen molar-refractivity contribution in [1.82, 2.24) is 0 Å². The summed E-state index contributed by atoms with van der Waals surface area (Å²) in [6.07, 6.45) is 2.81. The minimum Gasteiger partial charge on any atom is -0.493 e. The minimum absolute atomic E-state index is 0.0300. The predicted molar refractivity (Wildman–Crippen MR) is 120 cm³/mol. The molecule has 1 heterocycles. The highest BCUT2D eigenvalue weighted by atomic mass is 16.6. The standard InChI is InChI=1S/C25H38O6/c1-16(2)20(10-9-19-15-21(17(3)4)25(27)31-19)24(26)18-8-11-22(29-6)23(14-18)30-13-7-12-28-5/h8,11,14,16-17,19-21H,7,9-10,12-13,15H2,1-6H3/t19-,20-,21-/m0/s1. The zero-order valence-electron chi connectivity index (χ0n) is 19.8. The molecule has 0 aliphatic carbocycles. The topological polar surface area (TPSA) is 71.1 Å². The highest BCUT2D eigenvalue weighted by Gasteiger charge is 2.37. The van der Waals surface area contributed by atoms with E-state index in [2.05, 4.69) is 13.8 Å². The zero-order chi connectivity index (χ0) is 23.0. The first-order valence-electron chi connectivity index (χ1n) is 11.3. The molecule has 1 aromatic carbocycles. The zero-order valence-corrected chi connectivity index (χ0v) is 19.8. The van der Waals surface area contributed by atoms with E-state index >= 15 is 0 Å². The summed E-state index contributed by atoms with van der Waals surface area (Å²) in [5.41, 5.74) is 0.615. The van der Waals surface area contributed by atoms with Crippen molar-refractivity contribution in [3.63, 3.8) is 0 Å². The molecule has 0 aromatic heterocycles. The van der Waals surface area contributed by atoms with Crippen molar-refractivity contribution in [2.24, 2.45) is 23.7 Å². The van der Waals surface area contributed by atoms with Crippen LogP contribution in [0.4, 0.5) is 0 Å². The molecule has 1 saturated heterocycles. The second-order valence-corrected chi connectivity index (χ2v) is 9.00. The number of benzene rings is 1. The third-order valence-electron chi connectivity index (χ3n) is 6.05. The van der Waals surface area contributed by atoms with E-state index in [0.29, 0.717) is 43.1 Å². The molecule has 0 amide bonds. The fourth-order valence-corrected chi connectivity index (χ4v) is 4.08. The van der Waals surface area contributed by atoms with Gasteiger partial charge in [-0.3, -0.25) is 9.59 Å². The maximum absolute atomic E-state index is 13.3. The summed E-state index contributed by atoms with van der Waals surface area (Å²) in [5, 5.41) is 0. The van der Waals surface area contributed by atoms with Crippen LogP contribution in [0.25, 0.3) is 0 Å². The second kappa shape index (κ2) is 12.1. The Morgan fingerprint density at radius 3 is 2.45 bits per heavy atom. The van der Waals surface area contributed by atoms with Gasteiger partial charge in [-0.2, -0.15) is 0 Å². The maximum Gasteiger partial charge on any atom is 0.309 e. The fraction of sp³-hybridized carbons (Fsp3) is 0.680. The van der Waals surface area contributed by atoms with Crippen LogP contribution in [-0.2, 0) is 14.3 Å². The Morgan fingerprint density at radius 1 is 1.13 bits per heavy atom. The number of carbonyl (C=O) groups is 2. The van der Waals surface area contributed by atoms with Crippen molar-refractivity contribution in [3.8, 4) is 11.5 Å². The molecule has 0 N–H and O–H groups in total. The Labute approximate surface area is 186 Å². The summed E-state index contributed by atoms with van der Waals surface area (Å²) in [5.74, 6) is 1.44. The summed E-state index contributed by atoms with van der Waals surface area (Å²) in [4.78, 5) is 25.4. The van der Waals surface area contributed by atoms with Crippen LogP contribution < -0.4 is 9.47 Å². The van der Waals surface area contributed by atoms with Gasteiger partial charge in [-0.1, -0.05) is 27.7 Å². The van der Waals surface area contributed by atoms with E-state index in [1.807, 2.05) is 13.8 Å². The third-order valence-corrected chi connectivity index (χ3v) is 6.05. The highest BCUT2D eigenvalue weighted by molar-refractivity contribution is 5.98. The quantitative estimate of drug-likeness (QED) is 0.249. The molecule has 1 fully saturated rings. The summed E-state index contributed by atoms with van der Waals surface area (Å²) in [6, 6.07) is 5.35. The van der Waals surface area contributed by atoms with Crippen molar-refractivity contribution in [1.29, 1.82) is 0 Å². The number of esters is 1. The SMILES string of the molecule is COCCCOc1cc(C(=O)[C@@H](CC[C@H]2C[C@@H](C(C)C)C(=O)O2)C(C)C)ccc1OC. The van der Waals surface area contributed by atoms with E-state index in [1.54, 1.807) is 32.4 Å². The number of hydrogen-bond acceptors (Lipinski definition) is 6. The molecule has 3 atom stereocenters. The van der Waals surface area contributed by atoms with Crippen LogP contribution in [0.15, 0.2) is 18.2 Å². The monoisotopic (exact) mass is 434 g/mol. The van der Waals surface area contributed by atoms with Crippen LogP contribution in [0.2, 0.25) is 0 Å².